The number of nitrogens with one attached hydrogen (secondary N) is 1. The Kier molecular flexibility index (Phi) is 4.49. The van der Waals surface area contributed by atoms with Crippen molar-refractivity contribution in [1.82, 2.24) is 5.32 Å². The molecule has 0 aliphatic carbocycles. The number of rotatable bonds is 3. The largest absolute Gasteiger partial charge is 0.467 e. The lowest BCUT2D eigenvalue weighted by molar-refractivity contribution is -0.145. The van der Waals surface area contributed by atoms with Crippen molar-refractivity contribution in [3.8, 4) is 0 Å². The van der Waals surface area contributed by atoms with Crippen molar-refractivity contribution in [2.75, 3.05) is 7.11 Å². The van der Waals surface area contributed by atoms with Gasteiger partial charge < -0.3 is 10.1 Å². The number of halogens is 1. The summed E-state index contributed by atoms with van der Waals surface area (Å²) in [7, 11) is 1.29. The Morgan fingerprint density at radius 3 is 2.62 bits per heavy atom. The fraction of sp³-hybridized carbons (Fsp3) is 0.273. The molecular formula is C11H12BrNO3. The number of hydrogen-bond donors (Lipinski definition) is 1. The van der Waals surface area contributed by atoms with E-state index in [4.69, 9.17) is 0 Å². The molecule has 0 aliphatic heterocycles. The molecule has 0 fully saturated rings. The van der Waals surface area contributed by atoms with Crippen molar-refractivity contribution in [3.05, 3.63) is 34.3 Å². The van der Waals surface area contributed by atoms with E-state index in [0.717, 1.165) is 4.47 Å². The van der Waals surface area contributed by atoms with Gasteiger partial charge in [0.05, 0.1) is 7.11 Å². The Hall–Kier alpha value is -1.36. The topological polar surface area (TPSA) is 55.4 Å². The van der Waals surface area contributed by atoms with Crippen LogP contribution in [0.2, 0.25) is 0 Å². The molecular weight excluding hydrogens is 274 g/mol. The number of amides is 1. The second kappa shape index (κ2) is 5.65. The molecule has 86 valence electrons. The Morgan fingerprint density at radius 1 is 1.44 bits per heavy atom. The SMILES string of the molecule is COC(=O)C(NC(C)=O)c1cccc(Br)c1. The van der Waals surface area contributed by atoms with E-state index in [1.54, 1.807) is 18.2 Å². The smallest absolute Gasteiger partial charge is 0.333 e. The number of benzene rings is 1. The first kappa shape index (κ1) is 12.7. The van der Waals surface area contributed by atoms with Crippen LogP contribution in [0.3, 0.4) is 0 Å². The first-order chi connectivity index (χ1) is 7.54. The van der Waals surface area contributed by atoms with E-state index in [2.05, 4.69) is 26.0 Å². The Labute approximate surface area is 102 Å². The summed E-state index contributed by atoms with van der Waals surface area (Å²) >= 11 is 3.30. The minimum absolute atomic E-state index is 0.282. The van der Waals surface area contributed by atoms with Gasteiger partial charge in [-0.15, -0.1) is 0 Å². The van der Waals surface area contributed by atoms with Gasteiger partial charge in [-0.05, 0) is 17.7 Å². The highest BCUT2D eigenvalue weighted by Crippen LogP contribution is 2.19. The lowest BCUT2D eigenvalue weighted by Crippen LogP contribution is -2.32. The number of carbonyl (C=O) groups is 2. The highest BCUT2D eigenvalue weighted by Gasteiger charge is 2.22. The van der Waals surface area contributed by atoms with Gasteiger partial charge in [0.1, 0.15) is 0 Å². The van der Waals surface area contributed by atoms with Gasteiger partial charge in [0.2, 0.25) is 5.91 Å². The van der Waals surface area contributed by atoms with Crippen LogP contribution in [0.4, 0.5) is 0 Å². The normalized spacial score (nSPS) is 11.7. The third kappa shape index (κ3) is 3.34. The van der Waals surface area contributed by atoms with Crippen molar-refractivity contribution in [2.24, 2.45) is 0 Å². The highest BCUT2D eigenvalue weighted by molar-refractivity contribution is 9.10. The number of esters is 1. The lowest BCUT2D eigenvalue weighted by atomic mass is 10.1. The molecule has 0 heterocycles. The third-order valence-corrected chi connectivity index (χ3v) is 2.46. The molecule has 0 radical (unpaired) electrons. The molecule has 1 N–H and O–H groups in total. The molecule has 5 heteroatoms. The van der Waals surface area contributed by atoms with Crippen LogP contribution in [0.5, 0.6) is 0 Å². The molecule has 1 atom stereocenters. The predicted molar refractivity (Wildman–Crippen MR) is 62.7 cm³/mol. The number of hydrogen-bond acceptors (Lipinski definition) is 3. The summed E-state index contributed by atoms with van der Waals surface area (Å²) in [6, 6.07) is 6.38. The summed E-state index contributed by atoms with van der Waals surface area (Å²) < 4.78 is 5.48. The molecule has 0 saturated heterocycles. The Morgan fingerprint density at radius 2 is 2.12 bits per heavy atom. The molecule has 4 nitrogen and oxygen atoms in total. The average Bonchev–Trinajstić information content (AvgIpc) is 2.24. The first-order valence-corrected chi connectivity index (χ1v) is 5.44. The second-order valence-corrected chi connectivity index (χ2v) is 4.13. The van der Waals surface area contributed by atoms with Crippen LogP contribution in [0.15, 0.2) is 28.7 Å². The minimum Gasteiger partial charge on any atom is -0.467 e. The van der Waals surface area contributed by atoms with E-state index in [9.17, 15) is 9.59 Å². The van der Waals surface area contributed by atoms with Crippen LogP contribution < -0.4 is 5.32 Å². The van der Waals surface area contributed by atoms with Crippen LogP contribution in [-0.4, -0.2) is 19.0 Å². The molecule has 0 aromatic heterocycles. The molecule has 0 bridgehead atoms. The molecule has 1 unspecified atom stereocenters. The van der Waals surface area contributed by atoms with Crippen molar-refractivity contribution in [1.29, 1.82) is 0 Å². The van der Waals surface area contributed by atoms with Gasteiger partial charge in [0.15, 0.2) is 6.04 Å². The summed E-state index contributed by atoms with van der Waals surface area (Å²) in [6.45, 7) is 1.36. The summed E-state index contributed by atoms with van der Waals surface area (Å²) in [4.78, 5) is 22.5. The summed E-state index contributed by atoms with van der Waals surface area (Å²) in [5, 5.41) is 2.54. The van der Waals surface area contributed by atoms with Crippen LogP contribution in [-0.2, 0) is 14.3 Å². The molecule has 1 aromatic carbocycles. The monoisotopic (exact) mass is 285 g/mol. The van der Waals surface area contributed by atoms with Crippen molar-refractivity contribution >= 4 is 27.8 Å². The van der Waals surface area contributed by atoms with Crippen LogP contribution in [0, 0.1) is 0 Å². The van der Waals surface area contributed by atoms with Crippen LogP contribution in [0.25, 0.3) is 0 Å². The maximum Gasteiger partial charge on any atom is 0.333 e. The molecule has 1 aromatic rings. The zero-order valence-electron chi connectivity index (χ0n) is 8.99. The molecule has 1 amide bonds. The zero-order valence-corrected chi connectivity index (χ0v) is 10.6. The third-order valence-electron chi connectivity index (χ3n) is 1.97. The molecule has 1 rings (SSSR count). The van der Waals surface area contributed by atoms with Gasteiger partial charge in [0, 0.05) is 11.4 Å². The second-order valence-electron chi connectivity index (χ2n) is 3.21. The highest BCUT2D eigenvalue weighted by atomic mass is 79.9. The van der Waals surface area contributed by atoms with E-state index in [0.29, 0.717) is 5.56 Å². The number of methoxy groups -OCH3 is 1. The van der Waals surface area contributed by atoms with Crippen LogP contribution >= 0.6 is 15.9 Å². The maximum absolute atomic E-state index is 11.5. The van der Waals surface area contributed by atoms with Gasteiger partial charge in [-0.2, -0.15) is 0 Å². The van der Waals surface area contributed by atoms with Crippen LogP contribution in [0.1, 0.15) is 18.5 Å². The number of carbonyl (C=O) groups excluding carboxylic acids is 2. The van der Waals surface area contributed by atoms with Crippen molar-refractivity contribution in [2.45, 2.75) is 13.0 Å². The van der Waals surface area contributed by atoms with E-state index < -0.39 is 12.0 Å². The van der Waals surface area contributed by atoms with E-state index in [1.807, 2.05) is 6.07 Å². The standard InChI is InChI=1S/C11H12BrNO3/c1-7(14)13-10(11(15)16-2)8-4-3-5-9(12)6-8/h3-6,10H,1-2H3,(H,13,14). The van der Waals surface area contributed by atoms with Gasteiger partial charge in [-0.1, -0.05) is 28.1 Å². The average molecular weight is 286 g/mol. The first-order valence-electron chi connectivity index (χ1n) is 4.65. The molecule has 0 aliphatic rings. The van der Waals surface area contributed by atoms with Crippen molar-refractivity contribution in [3.63, 3.8) is 0 Å². The Balaban J connectivity index is 3.00. The lowest BCUT2D eigenvalue weighted by Gasteiger charge is -2.15. The van der Waals surface area contributed by atoms with E-state index in [1.165, 1.54) is 14.0 Å². The minimum atomic E-state index is -0.764. The summed E-state index contributed by atoms with van der Waals surface area (Å²) in [6.07, 6.45) is 0. The number of ether oxygens (including phenoxy) is 1. The zero-order chi connectivity index (χ0) is 12.1. The molecule has 0 spiro atoms. The van der Waals surface area contributed by atoms with Gasteiger partial charge >= 0.3 is 5.97 Å². The fourth-order valence-electron chi connectivity index (χ4n) is 1.29. The van der Waals surface area contributed by atoms with E-state index in [-0.39, 0.29) is 5.91 Å². The quantitative estimate of drug-likeness (QED) is 0.862. The Bertz CT molecular complexity index is 406. The maximum atomic E-state index is 11.5. The summed E-state index contributed by atoms with van der Waals surface area (Å²) in [5.74, 6) is -0.774. The van der Waals surface area contributed by atoms with Crippen molar-refractivity contribution < 1.29 is 14.3 Å². The molecule has 0 saturated carbocycles. The molecule has 16 heavy (non-hydrogen) atoms. The van der Waals surface area contributed by atoms with Gasteiger partial charge in [-0.25, -0.2) is 4.79 Å². The van der Waals surface area contributed by atoms with Gasteiger partial charge in [0.25, 0.3) is 0 Å². The van der Waals surface area contributed by atoms with Gasteiger partial charge in [-0.3, -0.25) is 4.79 Å². The predicted octanol–water partition coefficient (Wildman–Crippen LogP) is 1.80. The summed E-state index contributed by atoms with van der Waals surface area (Å²) in [5.41, 5.74) is 0.677. The van der Waals surface area contributed by atoms with E-state index >= 15 is 0 Å². The fourth-order valence-corrected chi connectivity index (χ4v) is 1.70.